The first-order chi connectivity index (χ1) is 9.08. The molecule has 0 atom stereocenters. The van der Waals surface area contributed by atoms with Crippen LogP contribution < -0.4 is 5.73 Å². The lowest BCUT2D eigenvalue weighted by molar-refractivity contribution is 0.112. The van der Waals surface area contributed by atoms with Crippen molar-refractivity contribution < 1.29 is 4.79 Å². The maximum absolute atomic E-state index is 11.2. The van der Waals surface area contributed by atoms with Gasteiger partial charge in [0, 0.05) is 12.1 Å². The molecule has 0 saturated heterocycles. The molecule has 100 valence electrons. The Balaban J connectivity index is 2.49. The summed E-state index contributed by atoms with van der Waals surface area (Å²) in [4.78, 5) is 11.2. The van der Waals surface area contributed by atoms with Crippen molar-refractivity contribution in [3.8, 4) is 11.3 Å². The van der Waals surface area contributed by atoms with E-state index < -0.39 is 0 Å². The summed E-state index contributed by atoms with van der Waals surface area (Å²) >= 11 is 0. The standard InChI is InChI=1S/C15H19N3O/c1-4-18-15(16)13(9-19)14(17-18)12-7-5-11(6-8-12)10(2)3/h5-10H,4,16H2,1-3H3. The minimum atomic E-state index is 0.431. The molecule has 0 aliphatic carbocycles. The van der Waals surface area contributed by atoms with Crippen LogP contribution in [0.2, 0.25) is 0 Å². The van der Waals surface area contributed by atoms with Crippen molar-refractivity contribution in [2.24, 2.45) is 0 Å². The molecule has 0 saturated carbocycles. The van der Waals surface area contributed by atoms with E-state index in [0.29, 0.717) is 29.5 Å². The number of nitrogens with two attached hydrogens (primary N) is 1. The predicted molar refractivity (Wildman–Crippen MR) is 77.2 cm³/mol. The number of anilines is 1. The summed E-state index contributed by atoms with van der Waals surface area (Å²) in [6, 6.07) is 8.11. The van der Waals surface area contributed by atoms with Crippen LogP contribution in [0.3, 0.4) is 0 Å². The number of aldehydes is 1. The first kappa shape index (κ1) is 13.3. The molecule has 0 radical (unpaired) electrons. The highest BCUT2D eigenvalue weighted by atomic mass is 16.1. The first-order valence-electron chi connectivity index (χ1n) is 6.50. The number of nitrogen functional groups attached to an aromatic ring is 1. The van der Waals surface area contributed by atoms with Gasteiger partial charge in [-0.05, 0) is 18.4 Å². The average molecular weight is 257 g/mol. The van der Waals surface area contributed by atoms with Crippen LogP contribution in [0.15, 0.2) is 24.3 Å². The molecular weight excluding hydrogens is 238 g/mol. The Morgan fingerprint density at radius 3 is 2.42 bits per heavy atom. The third-order valence-corrected chi connectivity index (χ3v) is 3.30. The van der Waals surface area contributed by atoms with Gasteiger partial charge in [-0.15, -0.1) is 0 Å². The molecule has 0 bridgehead atoms. The second-order valence-electron chi connectivity index (χ2n) is 4.86. The van der Waals surface area contributed by atoms with E-state index in [4.69, 9.17) is 5.73 Å². The zero-order chi connectivity index (χ0) is 14.0. The number of carbonyl (C=O) groups is 1. The van der Waals surface area contributed by atoms with Gasteiger partial charge < -0.3 is 5.73 Å². The summed E-state index contributed by atoms with van der Waals surface area (Å²) in [5.41, 5.74) is 9.22. The van der Waals surface area contributed by atoms with Gasteiger partial charge in [-0.3, -0.25) is 4.79 Å². The molecule has 2 N–H and O–H groups in total. The van der Waals surface area contributed by atoms with Gasteiger partial charge in [-0.25, -0.2) is 4.68 Å². The number of aryl methyl sites for hydroxylation is 1. The van der Waals surface area contributed by atoms with E-state index in [-0.39, 0.29) is 0 Å². The van der Waals surface area contributed by atoms with Crippen LogP contribution in [0.25, 0.3) is 11.3 Å². The highest BCUT2D eigenvalue weighted by Gasteiger charge is 2.15. The van der Waals surface area contributed by atoms with Gasteiger partial charge in [0.2, 0.25) is 0 Å². The van der Waals surface area contributed by atoms with E-state index in [2.05, 4.69) is 31.1 Å². The number of hydrogen-bond acceptors (Lipinski definition) is 3. The van der Waals surface area contributed by atoms with Gasteiger partial charge in [0.05, 0.1) is 5.56 Å². The van der Waals surface area contributed by atoms with Crippen molar-refractivity contribution in [1.82, 2.24) is 9.78 Å². The zero-order valence-corrected chi connectivity index (χ0v) is 11.6. The van der Waals surface area contributed by atoms with Crippen LogP contribution in [-0.2, 0) is 6.54 Å². The fourth-order valence-electron chi connectivity index (χ4n) is 2.09. The number of carbonyl (C=O) groups excluding carboxylic acids is 1. The predicted octanol–water partition coefficient (Wildman–Crippen LogP) is 3.09. The van der Waals surface area contributed by atoms with Crippen LogP contribution in [-0.4, -0.2) is 16.1 Å². The molecular formula is C15H19N3O. The normalized spacial score (nSPS) is 10.9. The third kappa shape index (κ3) is 2.38. The topological polar surface area (TPSA) is 60.9 Å². The highest BCUT2D eigenvalue weighted by Crippen LogP contribution is 2.27. The third-order valence-electron chi connectivity index (χ3n) is 3.30. The van der Waals surface area contributed by atoms with Crippen LogP contribution in [0.1, 0.15) is 42.6 Å². The number of benzene rings is 1. The van der Waals surface area contributed by atoms with Crippen LogP contribution >= 0.6 is 0 Å². The molecule has 4 heteroatoms. The summed E-state index contributed by atoms with van der Waals surface area (Å²) < 4.78 is 1.65. The monoisotopic (exact) mass is 257 g/mol. The van der Waals surface area contributed by atoms with Gasteiger partial charge in [0.1, 0.15) is 11.5 Å². The Labute approximate surface area is 113 Å². The zero-order valence-electron chi connectivity index (χ0n) is 11.6. The van der Waals surface area contributed by atoms with Crippen molar-refractivity contribution >= 4 is 12.1 Å². The van der Waals surface area contributed by atoms with Gasteiger partial charge in [-0.1, -0.05) is 38.1 Å². The van der Waals surface area contributed by atoms with Crippen LogP contribution in [0, 0.1) is 0 Å². The van der Waals surface area contributed by atoms with E-state index in [9.17, 15) is 4.79 Å². The summed E-state index contributed by atoms with van der Waals surface area (Å²) in [6.45, 7) is 6.89. The molecule has 0 amide bonds. The van der Waals surface area contributed by atoms with E-state index >= 15 is 0 Å². The molecule has 0 aliphatic rings. The molecule has 1 aromatic heterocycles. The Kier molecular flexibility index (Phi) is 3.69. The van der Waals surface area contributed by atoms with E-state index in [1.165, 1.54) is 5.56 Å². The maximum atomic E-state index is 11.2. The summed E-state index contributed by atoms with van der Waals surface area (Å²) in [7, 11) is 0. The SMILES string of the molecule is CCn1nc(-c2ccc(C(C)C)cc2)c(C=O)c1N. The minimum Gasteiger partial charge on any atom is -0.383 e. The quantitative estimate of drug-likeness (QED) is 0.856. The second kappa shape index (κ2) is 5.26. The number of nitrogens with zero attached hydrogens (tertiary/aromatic N) is 2. The lowest BCUT2D eigenvalue weighted by atomic mass is 10.00. The van der Waals surface area contributed by atoms with Crippen LogP contribution in [0.5, 0.6) is 0 Å². The molecule has 4 nitrogen and oxygen atoms in total. The first-order valence-corrected chi connectivity index (χ1v) is 6.50. The number of rotatable bonds is 4. The molecule has 1 aromatic carbocycles. The molecule has 1 heterocycles. The van der Waals surface area contributed by atoms with Crippen molar-refractivity contribution in [3.63, 3.8) is 0 Å². The molecule has 2 rings (SSSR count). The Morgan fingerprint density at radius 2 is 1.95 bits per heavy atom. The molecule has 0 fully saturated rings. The summed E-state index contributed by atoms with van der Waals surface area (Å²) in [5.74, 6) is 0.915. The lowest BCUT2D eigenvalue weighted by Gasteiger charge is -2.05. The van der Waals surface area contributed by atoms with E-state index in [1.54, 1.807) is 4.68 Å². The van der Waals surface area contributed by atoms with Crippen molar-refractivity contribution in [2.45, 2.75) is 33.2 Å². The van der Waals surface area contributed by atoms with Gasteiger partial charge in [-0.2, -0.15) is 5.10 Å². The smallest absolute Gasteiger partial charge is 0.156 e. The average Bonchev–Trinajstić information content (AvgIpc) is 2.75. The fourth-order valence-corrected chi connectivity index (χ4v) is 2.09. The molecule has 2 aromatic rings. The molecule has 0 aliphatic heterocycles. The summed E-state index contributed by atoms with van der Waals surface area (Å²) in [5, 5.41) is 4.40. The lowest BCUT2D eigenvalue weighted by Crippen LogP contribution is -2.02. The number of hydrogen-bond donors (Lipinski definition) is 1. The number of aromatic nitrogens is 2. The van der Waals surface area contributed by atoms with Gasteiger partial charge in [0.25, 0.3) is 0 Å². The maximum Gasteiger partial charge on any atom is 0.156 e. The fraction of sp³-hybridized carbons (Fsp3) is 0.333. The second-order valence-corrected chi connectivity index (χ2v) is 4.86. The van der Waals surface area contributed by atoms with Crippen LogP contribution in [0.4, 0.5) is 5.82 Å². The van der Waals surface area contributed by atoms with Crippen molar-refractivity contribution in [2.75, 3.05) is 5.73 Å². The largest absolute Gasteiger partial charge is 0.383 e. The Morgan fingerprint density at radius 1 is 1.32 bits per heavy atom. The summed E-state index contributed by atoms with van der Waals surface area (Å²) in [6.07, 6.45) is 0.778. The van der Waals surface area contributed by atoms with Gasteiger partial charge >= 0.3 is 0 Å². The molecule has 0 unspecified atom stereocenters. The van der Waals surface area contributed by atoms with Gasteiger partial charge in [0.15, 0.2) is 6.29 Å². The Bertz CT molecular complexity index is 582. The Hall–Kier alpha value is -2.10. The molecule has 19 heavy (non-hydrogen) atoms. The van der Waals surface area contributed by atoms with E-state index in [0.717, 1.165) is 11.8 Å². The van der Waals surface area contributed by atoms with E-state index in [1.807, 2.05) is 19.1 Å². The highest BCUT2D eigenvalue weighted by molar-refractivity contribution is 5.91. The molecule has 0 spiro atoms. The van der Waals surface area contributed by atoms with Crippen molar-refractivity contribution in [3.05, 3.63) is 35.4 Å². The minimum absolute atomic E-state index is 0.431. The van der Waals surface area contributed by atoms with Crippen molar-refractivity contribution in [1.29, 1.82) is 0 Å².